The number of nitrogens with one attached hydrogen (secondary N) is 1. The lowest BCUT2D eigenvalue weighted by atomic mass is 9.94. The molecule has 2 fully saturated rings. The molecule has 2 saturated heterocycles. The Bertz CT molecular complexity index is 660. The Morgan fingerprint density at radius 1 is 1.28 bits per heavy atom. The number of piperazine rings is 1. The van der Waals surface area contributed by atoms with Gasteiger partial charge in [0.15, 0.2) is 5.96 Å². The molecule has 9 heteroatoms. The molecule has 2 aliphatic rings. The van der Waals surface area contributed by atoms with E-state index in [2.05, 4.69) is 20.1 Å². The highest BCUT2D eigenvalue weighted by molar-refractivity contribution is 14.0. The maximum Gasteiger partial charge on any atom is 0.193 e. The van der Waals surface area contributed by atoms with Gasteiger partial charge >= 0.3 is 0 Å². The van der Waals surface area contributed by atoms with Crippen LogP contribution in [-0.2, 0) is 16.0 Å². The van der Waals surface area contributed by atoms with E-state index in [-0.39, 0.29) is 35.4 Å². The Morgan fingerprint density at radius 3 is 2.55 bits per heavy atom. The zero-order chi connectivity index (χ0) is 20.0. The Kier molecular flexibility index (Phi) is 9.87. The summed E-state index contributed by atoms with van der Waals surface area (Å²) in [5.74, 6) is 0.639. The quantitative estimate of drug-likeness (QED) is 0.354. The van der Waals surface area contributed by atoms with Crippen LogP contribution in [0.2, 0.25) is 5.02 Å². The van der Waals surface area contributed by atoms with Crippen LogP contribution in [0.3, 0.4) is 0 Å². The summed E-state index contributed by atoms with van der Waals surface area (Å²) in [5, 5.41) is 3.97. The highest BCUT2D eigenvalue weighted by atomic mass is 127. The average Bonchev–Trinajstić information content (AvgIpc) is 2.73. The molecule has 0 bridgehead atoms. The van der Waals surface area contributed by atoms with E-state index in [1.54, 1.807) is 26.3 Å². The molecule has 6 nitrogen and oxygen atoms in total. The van der Waals surface area contributed by atoms with Gasteiger partial charge in [-0.1, -0.05) is 17.7 Å². The van der Waals surface area contributed by atoms with Crippen molar-refractivity contribution in [3.05, 3.63) is 34.6 Å². The predicted octanol–water partition coefficient (Wildman–Crippen LogP) is 2.99. The van der Waals surface area contributed by atoms with Gasteiger partial charge in [-0.15, -0.1) is 24.0 Å². The third-order valence-electron chi connectivity index (χ3n) is 5.73. The molecule has 1 N–H and O–H groups in total. The molecule has 164 valence electrons. The van der Waals surface area contributed by atoms with Crippen LogP contribution >= 0.6 is 35.6 Å². The minimum atomic E-state index is -0.242. The molecular formula is C20H31ClFIN4O2. The summed E-state index contributed by atoms with van der Waals surface area (Å²) in [7, 11) is 3.57. The maximum atomic E-state index is 14.0. The van der Waals surface area contributed by atoms with Crippen molar-refractivity contribution in [1.82, 2.24) is 15.1 Å². The maximum absolute atomic E-state index is 14.0. The highest BCUT2D eigenvalue weighted by Crippen LogP contribution is 2.24. The summed E-state index contributed by atoms with van der Waals surface area (Å²) in [6.07, 6.45) is 1.76. The Balaban J connectivity index is 0.00000300. The molecule has 1 aromatic rings. The number of aliphatic imine (C=N–C) groups is 1. The van der Waals surface area contributed by atoms with Crippen LogP contribution in [0.5, 0.6) is 0 Å². The number of nitrogens with zero attached hydrogens (tertiary/aromatic N) is 3. The Labute approximate surface area is 194 Å². The first-order valence-corrected chi connectivity index (χ1v) is 10.2. The fourth-order valence-electron chi connectivity index (χ4n) is 3.79. The first-order chi connectivity index (χ1) is 13.6. The summed E-state index contributed by atoms with van der Waals surface area (Å²) in [5.41, 5.74) is 0.374. The van der Waals surface area contributed by atoms with E-state index < -0.39 is 0 Å². The molecule has 0 saturated carbocycles. The van der Waals surface area contributed by atoms with Crippen LogP contribution in [0.25, 0.3) is 0 Å². The number of halogens is 3. The molecule has 0 radical (unpaired) electrons. The first kappa shape index (κ1) is 24.6. The summed E-state index contributed by atoms with van der Waals surface area (Å²) in [6.45, 7) is 6.01. The summed E-state index contributed by atoms with van der Waals surface area (Å²) in [4.78, 5) is 8.91. The number of rotatable bonds is 5. The standard InChI is InChI=1S/C20H30ClFN4O2.HI/c1-23-19(24-15-20(27-2)6-12-28-13-7-20)26-10-8-25(9-11-26)14-16-17(21)4-3-5-18(16)22;/h3-5H,6-15H2,1-2H3,(H,23,24);1H. The van der Waals surface area contributed by atoms with Crippen molar-refractivity contribution in [3.8, 4) is 0 Å². The van der Waals surface area contributed by atoms with Crippen molar-refractivity contribution < 1.29 is 13.9 Å². The highest BCUT2D eigenvalue weighted by Gasteiger charge is 2.33. The van der Waals surface area contributed by atoms with Crippen molar-refractivity contribution >= 4 is 41.5 Å². The lowest BCUT2D eigenvalue weighted by Crippen LogP contribution is -2.55. The van der Waals surface area contributed by atoms with Crippen LogP contribution in [0, 0.1) is 5.82 Å². The number of hydrogen-bond donors (Lipinski definition) is 1. The van der Waals surface area contributed by atoms with Crippen LogP contribution in [0.1, 0.15) is 18.4 Å². The van der Waals surface area contributed by atoms with Crippen molar-refractivity contribution in [3.63, 3.8) is 0 Å². The van der Waals surface area contributed by atoms with Gasteiger partial charge in [-0.2, -0.15) is 0 Å². The van der Waals surface area contributed by atoms with E-state index in [0.717, 1.165) is 58.2 Å². The van der Waals surface area contributed by atoms with E-state index >= 15 is 0 Å². The molecule has 0 aromatic heterocycles. The molecule has 0 unspecified atom stereocenters. The normalized spacial score (nSPS) is 20.3. The van der Waals surface area contributed by atoms with Crippen molar-refractivity contribution in [2.75, 3.05) is 60.1 Å². The van der Waals surface area contributed by atoms with Gasteiger partial charge in [0.05, 0.1) is 5.60 Å². The summed E-state index contributed by atoms with van der Waals surface area (Å²) < 4.78 is 25.3. The van der Waals surface area contributed by atoms with Gasteiger partial charge in [-0.3, -0.25) is 9.89 Å². The average molecular weight is 541 g/mol. The molecule has 0 aliphatic carbocycles. The van der Waals surface area contributed by atoms with E-state index in [0.29, 0.717) is 23.7 Å². The van der Waals surface area contributed by atoms with E-state index in [1.807, 2.05) is 0 Å². The molecule has 0 amide bonds. The largest absolute Gasteiger partial charge is 0.381 e. The molecule has 29 heavy (non-hydrogen) atoms. The summed E-state index contributed by atoms with van der Waals surface area (Å²) >= 11 is 6.17. The van der Waals surface area contributed by atoms with Gasteiger partial charge in [0.1, 0.15) is 5.82 Å². The van der Waals surface area contributed by atoms with E-state index in [9.17, 15) is 4.39 Å². The van der Waals surface area contributed by atoms with Crippen LogP contribution in [0.15, 0.2) is 23.2 Å². The molecule has 0 atom stereocenters. The van der Waals surface area contributed by atoms with Crippen molar-refractivity contribution in [2.45, 2.75) is 25.0 Å². The minimum absolute atomic E-state index is 0. The Hall–Kier alpha value is -0.680. The molecule has 2 heterocycles. The number of ether oxygens (including phenoxy) is 2. The number of methoxy groups -OCH3 is 1. The molecule has 1 aromatic carbocycles. The molecule has 0 spiro atoms. The van der Waals surface area contributed by atoms with E-state index in [1.165, 1.54) is 6.07 Å². The van der Waals surface area contributed by atoms with Crippen molar-refractivity contribution in [1.29, 1.82) is 0 Å². The van der Waals surface area contributed by atoms with E-state index in [4.69, 9.17) is 21.1 Å². The zero-order valence-electron chi connectivity index (χ0n) is 17.1. The van der Waals surface area contributed by atoms with Crippen molar-refractivity contribution in [2.24, 2.45) is 4.99 Å². The smallest absolute Gasteiger partial charge is 0.193 e. The topological polar surface area (TPSA) is 49.3 Å². The fourth-order valence-corrected chi connectivity index (χ4v) is 4.02. The lowest BCUT2D eigenvalue weighted by molar-refractivity contribution is -0.0858. The minimum Gasteiger partial charge on any atom is -0.381 e. The van der Waals surface area contributed by atoms with Crippen LogP contribution in [0.4, 0.5) is 4.39 Å². The van der Waals surface area contributed by atoms with Crippen LogP contribution < -0.4 is 5.32 Å². The molecule has 3 rings (SSSR count). The number of benzene rings is 1. The zero-order valence-corrected chi connectivity index (χ0v) is 20.2. The summed E-state index contributed by atoms with van der Waals surface area (Å²) in [6, 6.07) is 4.84. The van der Waals surface area contributed by atoms with Gasteiger partial charge in [0.25, 0.3) is 0 Å². The second kappa shape index (κ2) is 11.6. The number of hydrogen-bond acceptors (Lipinski definition) is 4. The number of guanidine groups is 1. The van der Waals surface area contributed by atoms with Crippen LogP contribution in [-0.4, -0.2) is 81.5 Å². The second-order valence-electron chi connectivity index (χ2n) is 7.36. The monoisotopic (exact) mass is 540 g/mol. The fraction of sp³-hybridized carbons (Fsp3) is 0.650. The predicted molar refractivity (Wildman–Crippen MR) is 125 cm³/mol. The van der Waals surface area contributed by atoms with Gasteiger partial charge < -0.3 is 19.7 Å². The third-order valence-corrected chi connectivity index (χ3v) is 6.09. The lowest BCUT2D eigenvalue weighted by Gasteiger charge is -2.39. The van der Waals surface area contributed by atoms with Gasteiger partial charge in [-0.05, 0) is 12.1 Å². The van der Waals surface area contributed by atoms with Gasteiger partial charge in [-0.25, -0.2) is 4.39 Å². The third kappa shape index (κ3) is 6.40. The Morgan fingerprint density at radius 2 is 1.97 bits per heavy atom. The van der Waals surface area contributed by atoms with Gasteiger partial charge in [0.2, 0.25) is 0 Å². The molecule has 2 aliphatic heterocycles. The van der Waals surface area contributed by atoms with Gasteiger partial charge in [0, 0.05) is 90.1 Å². The second-order valence-corrected chi connectivity index (χ2v) is 7.77. The first-order valence-electron chi connectivity index (χ1n) is 9.81. The SMILES string of the molecule is CN=C(NCC1(OC)CCOCC1)N1CCN(Cc2c(F)cccc2Cl)CC1.I. The molecular weight excluding hydrogens is 510 g/mol.